The summed E-state index contributed by atoms with van der Waals surface area (Å²) in [5.74, 6) is -0.492. The van der Waals surface area contributed by atoms with Gasteiger partial charge in [0, 0.05) is 21.2 Å². The van der Waals surface area contributed by atoms with Gasteiger partial charge in [0.05, 0.1) is 0 Å². The molecule has 0 spiro atoms. The minimum absolute atomic E-state index is 0.151. The van der Waals surface area contributed by atoms with Crippen LogP contribution in [0.15, 0.2) is 42.5 Å². The van der Waals surface area contributed by atoms with Gasteiger partial charge in [0.25, 0.3) is 0 Å². The smallest absolute Gasteiger partial charge is 0.172 e. The Bertz CT molecular complexity index is 581. The molecule has 0 aliphatic rings. The van der Waals surface area contributed by atoms with E-state index >= 15 is 0 Å². The molecule has 0 aliphatic heterocycles. The molecular weight excluding hydrogens is 317 g/mol. The first-order valence-corrected chi connectivity index (χ1v) is 6.52. The molecule has 5 heteroatoms. The van der Waals surface area contributed by atoms with Crippen molar-refractivity contribution in [2.75, 3.05) is 0 Å². The summed E-state index contributed by atoms with van der Waals surface area (Å²) >= 11 is 24.3. The molecule has 0 N–H and O–H groups in total. The van der Waals surface area contributed by atoms with Crippen LogP contribution in [0.25, 0.3) is 0 Å². The molecule has 0 aliphatic carbocycles. The molecular formula is C13H7Cl4F. The van der Waals surface area contributed by atoms with Gasteiger partial charge in [-0.1, -0.05) is 70.7 Å². The zero-order valence-electron chi connectivity index (χ0n) is 8.93. The van der Waals surface area contributed by atoms with Crippen molar-refractivity contribution in [1.29, 1.82) is 0 Å². The van der Waals surface area contributed by atoms with Crippen LogP contribution in [0.2, 0.25) is 10.0 Å². The Kier molecular flexibility index (Phi) is 4.08. The van der Waals surface area contributed by atoms with Gasteiger partial charge < -0.3 is 0 Å². The molecule has 0 radical (unpaired) electrons. The maximum absolute atomic E-state index is 13.7. The minimum Gasteiger partial charge on any atom is -0.207 e. The van der Waals surface area contributed by atoms with E-state index in [0.29, 0.717) is 10.6 Å². The number of alkyl halides is 2. The van der Waals surface area contributed by atoms with Gasteiger partial charge >= 0.3 is 0 Å². The SMILES string of the molecule is Fc1ccccc1C(Cl)(Cl)c1ccc(Cl)cc1Cl. The van der Waals surface area contributed by atoms with Crippen LogP contribution in [0.3, 0.4) is 0 Å². The largest absolute Gasteiger partial charge is 0.207 e. The first-order valence-electron chi connectivity index (χ1n) is 5.01. The average molecular weight is 324 g/mol. The number of hydrogen-bond donors (Lipinski definition) is 0. The summed E-state index contributed by atoms with van der Waals surface area (Å²) in [5.41, 5.74) is 0.541. The summed E-state index contributed by atoms with van der Waals surface area (Å²) in [6.07, 6.45) is 0. The lowest BCUT2D eigenvalue weighted by atomic mass is 10.0. The zero-order valence-corrected chi connectivity index (χ0v) is 12.0. The van der Waals surface area contributed by atoms with Crippen LogP contribution in [-0.4, -0.2) is 0 Å². The second kappa shape index (κ2) is 5.26. The van der Waals surface area contributed by atoms with E-state index in [-0.39, 0.29) is 10.6 Å². The Hall–Kier alpha value is -0.470. The first kappa shape index (κ1) is 14.0. The van der Waals surface area contributed by atoms with Crippen molar-refractivity contribution in [2.24, 2.45) is 0 Å². The highest BCUT2D eigenvalue weighted by atomic mass is 35.5. The molecule has 2 aromatic carbocycles. The van der Waals surface area contributed by atoms with Crippen LogP contribution in [0, 0.1) is 5.82 Å². The van der Waals surface area contributed by atoms with Crippen molar-refractivity contribution in [3.63, 3.8) is 0 Å². The molecule has 0 aromatic heterocycles. The van der Waals surface area contributed by atoms with E-state index in [1.165, 1.54) is 18.2 Å². The van der Waals surface area contributed by atoms with Crippen molar-refractivity contribution in [2.45, 2.75) is 4.33 Å². The second-order valence-electron chi connectivity index (χ2n) is 3.68. The van der Waals surface area contributed by atoms with E-state index in [4.69, 9.17) is 46.4 Å². The second-order valence-corrected chi connectivity index (χ2v) is 5.85. The van der Waals surface area contributed by atoms with Crippen molar-refractivity contribution >= 4 is 46.4 Å². The molecule has 0 fully saturated rings. The highest BCUT2D eigenvalue weighted by Crippen LogP contribution is 2.45. The van der Waals surface area contributed by atoms with Gasteiger partial charge in [-0.25, -0.2) is 4.39 Å². The van der Waals surface area contributed by atoms with Gasteiger partial charge in [-0.05, 0) is 18.2 Å². The Morgan fingerprint density at radius 1 is 0.889 bits per heavy atom. The predicted molar refractivity (Wildman–Crippen MR) is 75.3 cm³/mol. The Morgan fingerprint density at radius 2 is 1.56 bits per heavy atom. The monoisotopic (exact) mass is 322 g/mol. The maximum atomic E-state index is 13.7. The molecule has 0 unspecified atom stereocenters. The highest BCUT2D eigenvalue weighted by molar-refractivity contribution is 6.51. The van der Waals surface area contributed by atoms with E-state index in [1.54, 1.807) is 24.3 Å². The molecule has 0 nitrogen and oxygen atoms in total. The van der Waals surface area contributed by atoms with Gasteiger partial charge in [-0.3, -0.25) is 0 Å². The van der Waals surface area contributed by atoms with E-state index < -0.39 is 10.2 Å². The fourth-order valence-corrected chi connectivity index (χ4v) is 2.89. The third-order valence-corrected chi connectivity index (χ3v) is 3.84. The fourth-order valence-electron chi connectivity index (χ4n) is 1.61. The van der Waals surface area contributed by atoms with Crippen molar-refractivity contribution in [3.05, 3.63) is 69.5 Å². The summed E-state index contributed by atoms with van der Waals surface area (Å²) in [7, 11) is 0. The third-order valence-electron chi connectivity index (χ3n) is 2.48. The number of rotatable bonds is 2. The van der Waals surface area contributed by atoms with E-state index in [1.807, 2.05) is 0 Å². The third kappa shape index (κ3) is 2.60. The molecule has 94 valence electrons. The molecule has 0 bridgehead atoms. The highest BCUT2D eigenvalue weighted by Gasteiger charge is 2.33. The molecule has 0 heterocycles. The number of hydrogen-bond acceptors (Lipinski definition) is 0. The topological polar surface area (TPSA) is 0 Å². The van der Waals surface area contributed by atoms with Gasteiger partial charge in [-0.2, -0.15) is 0 Å². The minimum atomic E-state index is -1.56. The standard InChI is InChI=1S/C13H7Cl4F/c14-8-5-6-9(11(15)7-8)13(16,17)10-3-1-2-4-12(10)18/h1-7H. The summed E-state index contributed by atoms with van der Waals surface area (Å²) in [6.45, 7) is 0. The van der Waals surface area contributed by atoms with Gasteiger partial charge in [0.15, 0.2) is 4.33 Å². The van der Waals surface area contributed by atoms with E-state index in [0.717, 1.165) is 0 Å². The van der Waals surface area contributed by atoms with Crippen LogP contribution in [0.1, 0.15) is 11.1 Å². The molecule has 2 rings (SSSR count). The van der Waals surface area contributed by atoms with Crippen molar-refractivity contribution in [1.82, 2.24) is 0 Å². The van der Waals surface area contributed by atoms with Crippen LogP contribution >= 0.6 is 46.4 Å². The number of halogens is 5. The number of benzene rings is 2. The lowest BCUT2D eigenvalue weighted by Gasteiger charge is -2.22. The quantitative estimate of drug-likeness (QED) is 0.612. The summed E-state index contributed by atoms with van der Waals surface area (Å²) in [4.78, 5) is 0. The van der Waals surface area contributed by atoms with Crippen molar-refractivity contribution < 1.29 is 4.39 Å². The van der Waals surface area contributed by atoms with Crippen LogP contribution in [0.5, 0.6) is 0 Å². The molecule has 0 saturated carbocycles. The molecule has 0 atom stereocenters. The molecule has 0 saturated heterocycles. The average Bonchev–Trinajstić information content (AvgIpc) is 2.28. The summed E-state index contributed by atoms with van der Waals surface area (Å²) in [5, 5.41) is 0.747. The lowest BCUT2D eigenvalue weighted by Crippen LogP contribution is -2.15. The molecule has 0 amide bonds. The van der Waals surface area contributed by atoms with E-state index in [9.17, 15) is 4.39 Å². The van der Waals surface area contributed by atoms with Crippen LogP contribution in [-0.2, 0) is 4.33 Å². The molecule has 2 aromatic rings. The normalized spacial score (nSPS) is 11.6. The Morgan fingerprint density at radius 3 is 2.17 bits per heavy atom. The van der Waals surface area contributed by atoms with Gasteiger partial charge in [0.2, 0.25) is 0 Å². The fraction of sp³-hybridized carbons (Fsp3) is 0.0769. The lowest BCUT2D eigenvalue weighted by molar-refractivity contribution is 0.608. The van der Waals surface area contributed by atoms with Crippen LogP contribution < -0.4 is 0 Å². The van der Waals surface area contributed by atoms with Gasteiger partial charge in [0.1, 0.15) is 5.82 Å². The maximum Gasteiger partial charge on any atom is 0.172 e. The first-order chi connectivity index (χ1) is 8.43. The summed E-state index contributed by atoms with van der Waals surface area (Å²) in [6, 6.07) is 10.7. The van der Waals surface area contributed by atoms with Gasteiger partial charge in [-0.15, -0.1) is 0 Å². The molecule has 18 heavy (non-hydrogen) atoms. The summed E-state index contributed by atoms with van der Waals surface area (Å²) < 4.78 is 12.2. The van der Waals surface area contributed by atoms with Crippen LogP contribution in [0.4, 0.5) is 4.39 Å². The predicted octanol–water partition coefficient (Wildman–Crippen LogP) is 5.81. The zero-order chi connectivity index (χ0) is 13.3. The van der Waals surface area contributed by atoms with E-state index in [2.05, 4.69) is 0 Å². The Labute approximate surface area is 124 Å². The van der Waals surface area contributed by atoms with Crippen molar-refractivity contribution in [3.8, 4) is 0 Å². The Balaban J connectivity index is 2.58.